The number of rotatable bonds is 2. The van der Waals surface area contributed by atoms with E-state index in [2.05, 4.69) is 27.8 Å². The van der Waals surface area contributed by atoms with Crippen LogP contribution in [0.5, 0.6) is 0 Å². The highest BCUT2D eigenvalue weighted by Crippen LogP contribution is 2.34. The van der Waals surface area contributed by atoms with Crippen molar-refractivity contribution >= 4 is 21.8 Å². The molecule has 1 heterocycles. The molecule has 13 heavy (non-hydrogen) atoms. The Balaban J connectivity index is 1.96. The molecule has 2 nitrogen and oxygen atoms in total. The molecule has 0 radical (unpaired) electrons. The largest absolute Gasteiger partial charge is 0.339 e. The van der Waals surface area contributed by atoms with Gasteiger partial charge in [-0.15, -0.1) is 0 Å². The van der Waals surface area contributed by atoms with E-state index in [4.69, 9.17) is 0 Å². The number of nitrogens with zero attached hydrogens (tertiary/aromatic N) is 1. The average Bonchev–Trinajstić information content (AvgIpc) is 2.29. The topological polar surface area (TPSA) is 20.3 Å². The molecule has 1 saturated heterocycles. The van der Waals surface area contributed by atoms with E-state index in [0.717, 1.165) is 18.9 Å². The number of halogens is 1. The first-order chi connectivity index (χ1) is 6.20. The van der Waals surface area contributed by atoms with Gasteiger partial charge in [-0.05, 0) is 32.1 Å². The Morgan fingerprint density at radius 3 is 2.54 bits per heavy atom. The molecule has 2 unspecified atom stereocenters. The predicted molar refractivity (Wildman–Crippen MR) is 55.8 cm³/mol. The van der Waals surface area contributed by atoms with Crippen molar-refractivity contribution in [3.05, 3.63) is 0 Å². The van der Waals surface area contributed by atoms with Crippen molar-refractivity contribution in [2.45, 2.75) is 43.5 Å². The number of carbonyl (C=O) groups excluding carboxylic acids is 1. The number of carbonyl (C=O) groups is 1. The Bertz CT molecular complexity index is 215. The lowest BCUT2D eigenvalue weighted by atomic mass is 9.80. The molecule has 1 aliphatic carbocycles. The summed E-state index contributed by atoms with van der Waals surface area (Å²) >= 11 is 3.41. The molecule has 0 N–H and O–H groups in total. The Hall–Kier alpha value is -0.0500. The van der Waals surface area contributed by atoms with Crippen LogP contribution in [0.25, 0.3) is 0 Å². The Labute approximate surface area is 87.8 Å². The van der Waals surface area contributed by atoms with Crippen LogP contribution in [0.2, 0.25) is 0 Å². The zero-order valence-electron chi connectivity index (χ0n) is 8.00. The van der Waals surface area contributed by atoms with Gasteiger partial charge < -0.3 is 4.90 Å². The highest BCUT2D eigenvalue weighted by atomic mass is 79.9. The maximum atomic E-state index is 11.7. The highest BCUT2D eigenvalue weighted by molar-refractivity contribution is 9.10. The van der Waals surface area contributed by atoms with Crippen LogP contribution in [0, 0.1) is 5.92 Å². The maximum absolute atomic E-state index is 11.7. The van der Waals surface area contributed by atoms with E-state index in [0.29, 0.717) is 11.9 Å². The van der Waals surface area contributed by atoms with E-state index in [1.54, 1.807) is 0 Å². The Kier molecular flexibility index (Phi) is 2.63. The zero-order chi connectivity index (χ0) is 9.42. The minimum atomic E-state index is 0.0926. The van der Waals surface area contributed by atoms with Crippen molar-refractivity contribution in [2.75, 3.05) is 6.54 Å². The molecular weight excluding hydrogens is 230 g/mol. The summed E-state index contributed by atoms with van der Waals surface area (Å²) in [5, 5.41) is 0. The molecule has 1 amide bonds. The van der Waals surface area contributed by atoms with Gasteiger partial charge in [0.05, 0.1) is 4.83 Å². The van der Waals surface area contributed by atoms with Gasteiger partial charge in [0, 0.05) is 12.6 Å². The summed E-state index contributed by atoms with van der Waals surface area (Å²) in [5.74, 6) is 1.08. The molecule has 2 fully saturated rings. The smallest absolute Gasteiger partial charge is 0.236 e. The van der Waals surface area contributed by atoms with Crippen LogP contribution in [-0.4, -0.2) is 28.2 Å². The summed E-state index contributed by atoms with van der Waals surface area (Å²) in [5.41, 5.74) is 0. The molecule has 0 aromatic rings. The van der Waals surface area contributed by atoms with E-state index < -0.39 is 0 Å². The summed E-state index contributed by atoms with van der Waals surface area (Å²) in [6, 6.07) is 0.476. The van der Waals surface area contributed by atoms with Crippen LogP contribution in [-0.2, 0) is 4.79 Å². The molecular formula is C10H16BrNO. The monoisotopic (exact) mass is 245 g/mol. The fourth-order valence-corrected chi connectivity index (χ4v) is 2.71. The second-order valence-electron chi connectivity index (χ2n) is 4.22. The van der Waals surface area contributed by atoms with Gasteiger partial charge in [0.2, 0.25) is 5.91 Å². The molecule has 1 saturated carbocycles. The van der Waals surface area contributed by atoms with Crippen molar-refractivity contribution in [3.63, 3.8) is 0 Å². The van der Waals surface area contributed by atoms with Gasteiger partial charge in [0.1, 0.15) is 0 Å². The lowest BCUT2D eigenvalue weighted by molar-refractivity contribution is -0.130. The SMILES string of the molecule is CC(C1CCC1)N1CCC(Br)C1=O. The highest BCUT2D eigenvalue weighted by Gasteiger charge is 2.37. The third-order valence-electron chi connectivity index (χ3n) is 3.50. The molecule has 2 rings (SSSR count). The van der Waals surface area contributed by atoms with E-state index >= 15 is 0 Å². The maximum Gasteiger partial charge on any atom is 0.236 e. The van der Waals surface area contributed by atoms with Gasteiger partial charge in [-0.2, -0.15) is 0 Å². The molecule has 2 aliphatic rings. The van der Waals surface area contributed by atoms with Crippen LogP contribution in [0.15, 0.2) is 0 Å². The molecule has 0 aromatic carbocycles. The van der Waals surface area contributed by atoms with Crippen molar-refractivity contribution in [1.29, 1.82) is 0 Å². The van der Waals surface area contributed by atoms with Crippen LogP contribution >= 0.6 is 15.9 Å². The summed E-state index contributed by atoms with van der Waals surface area (Å²) in [6.07, 6.45) is 4.97. The standard InChI is InChI=1S/C10H16BrNO/c1-7(8-3-2-4-8)12-6-5-9(11)10(12)13/h7-9H,2-6H2,1H3. The second kappa shape index (κ2) is 3.60. The van der Waals surface area contributed by atoms with Gasteiger partial charge in [-0.3, -0.25) is 4.79 Å². The molecule has 0 bridgehead atoms. The first-order valence-electron chi connectivity index (χ1n) is 5.14. The molecule has 1 aliphatic heterocycles. The second-order valence-corrected chi connectivity index (χ2v) is 5.32. The van der Waals surface area contributed by atoms with Crippen LogP contribution in [0.1, 0.15) is 32.6 Å². The first kappa shape index (κ1) is 9.50. The first-order valence-corrected chi connectivity index (χ1v) is 6.06. The van der Waals surface area contributed by atoms with E-state index in [9.17, 15) is 4.79 Å². The van der Waals surface area contributed by atoms with Crippen LogP contribution in [0.4, 0.5) is 0 Å². The minimum Gasteiger partial charge on any atom is -0.339 e. The van der Waals surface area contributed by atoms with E-state index in [-0.39, 0.29) is 4.83 Å². The number of likely N-dealkylation sites (tertiary alicyclic amines) is 1. The molecule has 3 heteroatoms. The van der Waals surface area contributed by atoms with E-state index in [1.165, 1.54) is 19.3 Å². The third-order valence-corrected chi connectivity index (χ3v) is 4.35. The minimum absolute atomic E-state index is 0.0926. The van der Waals surface area contributed by atoms with Gasteiger partial charge >= 0.3 is 0 Å². The fraction of sp³-hybridized carbons (Fsp3) is 0.900. The average molecular weight is 246 g/mol. The lowest BCUT2D eigenvalue weighted by Crippen LogP contribution is -2.42. The predicted octanol–water partition coefficient (Wildman–Crippen LogP) is 2.17. The van der Waals surface area contributed by atoms with Crippen LogP contribution in [0.3, 0.4) is 0 Å². The van der Waals surface area contributed by atoms with E-state index in [1.807, 2.05) is 0 Å². The number of alkyl halides is 1. The number of hydrogen-bond donors (Lipinski definition) is 0. The van der Waals surface area contributed by atoms with Crippen molar-refractivity contribution in [2.24, 2.45) is 5.92 Å². The van der Waals surface area contributed by atoms with Crippen molar-refractivity contribution in [3.8, 4) is 0 Å². The summed E-state index contributed by atoms with van der Waals surface area (Å²) in [4.78, 5) is 13.8. The molecule has 0 spiro atoms. The molecule has 74 valence electrons. The quantitative estimate of drug-likeness (QED) is 0.684. The summed E-state index contributed by atoms with van der Waals surface area (Å²) in [7, 11) is 0. The number of hydrogen-bond acceptors (Lipinski definition) is 1. The van der Waals surface area contributed by atoms with Crippen molar-refractivity contribution in [1.82, 2.24) is 4.90 Å². The fourth-order valence-electron chi connectivity index (χ4n) is 2.25. The normalized spacial score (nSPS) is 32.0. The summed E-state index contributed by atoms with van der Waals surface area (Å²) in [6.45, 7) is 3.15. The van der Waals surface area contributed by atoms with Gasteiger partial charge in [0.25, 0.3) is 0 Å². The van der Waals surface area contributed by atoms with Crippen LogP contribution < -0.4 is 0 Å². The third kappa shape index (κ3) is 1.63. The molecule has 2 atom stereocenters. The Morgan fingerprint density at radius 1 is 1.46 bits per heavy atom. The van der Waals surface area contributed by atoms with Gasteiger partial charge in [-0.1, -0.05) is 22.4 Å². The Morgan fingerprint density at radius 2 is 2.15 bits per heavy atom. The van der Waals surface area contributed by atoms with Gasteiger partial charge in [-0.25, -0.2) is 0 Å². The number of amides is 1. The molecule has 0 aromatic heterocycles. The van der Waals surface area contributed by atoms with Gasteiger partial charge in [0.15, 0.2) is 0 Å². The van der Waals surface area contributed by atoms with Crippen molar-refractivity contribution < 1.29 is 4.79 Å². The summed E-state index contributed by atoms with van der Waals surface area (Å²) < 4.78 is 0. The lowest BCUT2D eigenvalue weighted by Gasteiger charge is -2.37. The zero-order valence-corrected chi connectivity index (χ0v) is 9.59.